The van der Waals surface area contributed by atoms with Gasteiger partial charge in [-0.25, -0.2) is 0 Å². The Kier molecular flexibility index (Phi) is 3.82. The summed E-state index contributed by atoms with van der Waals surface area (Å²) in [4.78, 5) is 11.6. The van der Waals surface area contributed by atoms with E-state index >= 15 is 0 Å². The fourth-order valence-corrected chi connectivity index (χ4v) is 1.80. The average molecular weight is 253 g/mol. The molecule has 0 amide bonds. The SMILES string of the molecule is CC(C)C(=O)COc1ccc2ccccc2c1C#N. The maximum atomic E-state index is 11.6. The van der Waals surface area contributed by atoms with E-state index < -0.39 is 0 Å². The summed E-state index contributed by atoms with van der Waals surface area (Å²) in [6.07, 6.45) is 0. The third-order valence-corrected chi connectivity index (χ3v) is 3.02. The first-order chi connectivity index (χ1) is 9.13. The summed E-state index contributed by atoms with van der Waals surface area (Å²) < 4.78 is 5.49. The van der Waals surface area contributed by atoms with E-state index in [1.165, 1.54) is 0 Å². The van der Waals surface area contributed by atoms with Gasteiger partial charge in [-0.05, 0) is 11.5 Å². The standard InChI is InChI=1S/C16H15NO2/c1-11(2)15(18)10-19-16-8-7-12-5-3-4-6-13(12)14(16)9-17/h3-8,11H,10H2,1-2H3. The summed E-state index contributed by atoms with van der Waals surface area (Å²) in [7, 11) is 0. The zero-order chi connectivity index (χ0) is 13.8. The summed E-state index contributed by atoms with van der Waals surface area (Å²) >= 11 is 0. The number of nitriles is 1. The summed E-state index contributed by atoms with van der Waals surface area (Å²) in [5, 5.41) is 11.1. The molecule has 0 spiro atoms. The van der Waals surface area contributed by atoms with Crippen molar-refractivity contribution in [3.8, 4) is 11.8 Å². The van der Waals surface area contributed by atoms with Gasteiger partial charge in [0, 0.05) is 11.3 Å². The molecular weight excluding hydrogens is 238 g/mol. The minimum atomic E-state index is -0.0639. The molecular formula is C16H15NO2. The third kappa shape index (κ3) is 2.74. The Morgan fingerprint density at radius 2 is 2.00 bits per heavy atom. The highest BCUT2D eigenvalue weighted by molar-refractivity contribution is 5.90. The molecule has 2 rings (SSSR count). The van der Waals surface area contributed by atoms with Crippen LogP contribution in [-0.4, -0.2) is 12.4 Å². The predicted octanol–water partition coefficient (Wildman–Crippen LogP) is 3.32. The molecule has 2 aromatic rings. The van der Waals surface area contributed by atoms with Gasteiger partial charge in [-0.1, -0.05) is 44.2 Å². The molecule has 3 nitrogen and oxygen atoms in total. The summed E-state index contributed by atoms with van der Waals surface area (Å²) in [5.74, 6) is 0.429. The lowest BCUT2D eigenvalue weighted by atomic mass is 10.0. The van der Waals surface area contributed by atoms with E-state index in [2.05, 4.69) is 6.07 Å². The molecule has 0 unspecified atom stereocenters. The van der Waals surface area contributed by atoms with Crippen molar-refractivity contribution in [2.24, 2.45) is 5.92 Å². The molecule has 0 aromatic heterocycles. The van der Waals surface area contributed by atoms with Gasteiger partial charge >= 0.3 is 0 Å². The number of rotatable bonds is 4. The van der Waals surface area contributed by atoms with Gasteiger partial charge in [-0.15, -0.1) is 0 Å². The van der Waals surface area contributed by atoms with E-state index in [1.807, 2.05) is 44.2 Å². The molecule has 0 bridgehead atoms. The Labute approximate surface area is 112 Å². The van der Waals surface area contributed by atoms with Crippen molar-refractivity contribution in [1.29, 1.82) is 5.26 Å². The van der Waals surface area contributed by atoms with Crippen molar-refractivity contribution < 1.29 is 9.53 Å². The highest BCUT2D eigenvalue weighted by Gasteiger charge is 2.12. The molecule has 0 atom stereocenters. The first-order valence-corrected chi connectivity index (χ1v) is 6.21. The third-order valence-electron chi connectivity index (χ3n) is 3.02. The van der Waals surface area contributed by atoms with Crippen LogP contribution in [0.15, 0.2) is 36.4 Å². The molecule has 2 aromatic carbocycles. The fourth-order valence-electron chi connectivity index (χ4n) is 1.80. The van der Waals surface area contributed by atoms with Gasteiger partial charge in [0.25, 0.3) is 0 Å². The highest BCUT2D eigenvalue weighted by atomic mass is 16.5. The van der Waals surface area contributed by atoms with E-state index in [0.717, 1.165) is 10.8 Å². The maximum Gasteiger partial charge on any atom is 0.172 e. The van der Waals surface area contributed by atoms with Gasteiger partial charge < -0.3 is 4.74 Å². The second-order valence-electron chi connectivity index (χ2n) is 4.68. The smallest absolute Gasteiger partial charge is 0.172 e. The first-order valence-electron chi connectivity index (χ1n) is 6.21. The average Bonchev–Trinajstić information content (AvgIpc) is 2.43. The van der Waals surface area contributed by atoms with E-state index in [1.54, 1.807) is 6.07 Å². The molecule has 3 heteroatoms. The molecule has 0 N–H and O–H groups in total. The van der Waals surface area contributed by atoms with Gasteiger partial charge in [0.05, 0.1) is 0 Å². The van der Waals surface area contributed by atoms with Crippen LogP contribution in [0.5, 0.6) is 5.75 Å². The molecule has 0 saturated heterocycles. The zero-order valence-corrected chi connectivity index (χ0v) is 11.0. The zero-order valence-electron chi connectivity index (χ0n) is 11.0. The Morgan fingerprint density at radius 1 is 1.26 bits per heavy atom. The van der Waals surface area contributed by atoms with Crippen LogP contribution in [0.1, 0.15) is 19.4 Å². The van der Waals surface area contributed by atoms with Gasteiger partial charge in [-0.2, -0.15) is 5.26 Å². The van der Waals surface area contributed by atoms with Gasteiger partial charge in [0.2, 0.25) is 0 Å². The molecule has 0 saturated carbocycles. The minimum Gasteiger partial charge on any atom is -0.484 e. The van der Waals surface area contributed by atoms with Crippen LogP contribution in [-0.2, 0) is 4.79 Å². The van der Waals surface area contributed by atoms with Crippen LogP contribution in [0.4, 0.5) is 0 Å². The molecule has 0 fully saturated rings. The summed E-state index contributed by atoms with van der Waals surface area (Å²) in [5.41, 5.74) is 0.481. The number of hydrogen-bond acceptors (Lipinski definition) is 3. The molecule has 19 heavy (non-hydrogen) atoms. The predicted molar refractivity (Wildman–Crippen MR) is 74.0 cm³/mol. The minimum absolute atomic E-state index is 0.00465. The summed E-state index contributed by atoms with van der Waals surface area (Å²) in [6.45, 7) is 3.67. The van der Waals surface area contributed by atoms with Crippen molar-refractivity contribution in [3.63, 3.8) is 0 Å². The summed E-state index contributed by atoms with van der Waals surface area (Å²) in [6, 6.07) is 13.4. The Morgan fingerprint density at radius 3 is 2.68 bits per heavy atom. The number of carbonyl (C=O) groups excluding carboxylic acids is 1. The number of fused-ring (bicyclic) bond motifs is 1. The van der Waals surface area contributed by atoms with Crippen LogP contribution >= 0.6 is 0 Å². The largest absolute Gasteiger partial charge is 0.484 e. The van der Waals surface area contributed by atoms with Crippen molar-refractivity contribution in [3.05, 3.63) is 42.0 Å². The Hall–Kier alpha value is -2.34. The van der Waals surface area contributed by atoms with Crippen molar-refractivity contribution in [2.45, 2.75) is 13.8 Å². The van der Waals surface area contributed by atoms with E-state index in [-0.39, 0.29) is 18.3 Å². The van der Waals surface area contributed by atoms with Gasteiger partial charge in [0.1, 0.15) is 24.0 Å². The van der Waals surface area contributed by atoms with Crippen LogP contribution in [0.3, 0.4) is 0 Å². The van der Waals surface area contributed by atoms with Crippen LogP contribution in [0.2, 0.25) is 0 Å². The molecule has 0 aliphatic heterocycles. The van der Waals surface area contributed by atoms with Crippen molar-refractivity contribution in [2.75, 3.05) is 6.61 Å². The second kappa shape index (κ2) is 5.53. The quantitative estimate of drug-likeness (QED) is 0.839. The number of nitrogens with zero attached hydrogens (tertiary/aromatic N) is 1. The van der Waals surface area contributed by atoms with E-state index in [4.69, 9.17) is 4.74 Å². The molecule has 96 valence electrons. The number of ketones is 1. The lowest BCUT2D eigenvalue weighted by molar-refractivity contribution is -0.123. The highest BCUT2D eigenvalue weighted by Crippen LogP contribution is 2.27. The van der Waals surface area contributed by atoms with Crippen molar-refractivity contribution >= 4 is 16.6 Å². The van der Waals surface area contributed by atoms with Crippen LogP contribution in [0, 0.1) is 17.2 Å². The first kappa shape index (κ1) is 13.1. The monoisotopic (exact) mass is 253 g/mol. The lowest BCUT2D eigenvalue weighted by Gasteiger charge is -2.10. The normalized spacial score (nSPS) is 10.4. The number of Topliss-reactive ketones (excluding diaryl/α,β-unsaturated/α-hetero) is 1. The second-order valence-corrected chi connectivity index (χ2v) is 4.68. The molecule has 0 heterocycles. The van der Waals surface area contributed by atoms with E-state index in [9.17, 15) is 10.1 Å². The molecule has 0 aliphatic carbocycles. The fraction of sp³-hybridized carbons (Fsp3) is 0.250. The lowest BCUT2D eigenvalue weighted by Crippen LogP contribution is -2.17. The Balaban J connectivity index is 2.34. The Bertz CT molecular complexity index is 653. The maximum absolute atomic E-state index is 11.6. The molecule has 0 aliphatic rings. The molecule has 0 radical (unpaired) electrons. The number of carbonyl (C=O) groups is 1. The topological polar surface area (TPSA) is 50.1 Å². The van der Waals surface area contributed by atoms with Crippen LogP contribution in [0.25, 0.3) is 10.8 Å². The van der Waals surface area contributed by atoms with Crippen molar-refractivity contribution in [1.82, 2.24) is 0 Å². The van der Waals surface area contributed by atoms with Gasteiger partial charge in [0.15, 0.2) is 5.78 Å². The number of benzene rings is 2. The van der Waals surface area contributed by atoms with Crippen LogP contribution < -0.4 is 4.74 Å². The number of ether oxygens (including phenoxy) is 1. The van der Waals surface area contributed by atoms with Gasteiger partial charge in [-0.3, -0.25) is 4.79 Å². The number of hydrogen-bond donors (Lipinski definition) is 0. The van der Waals surface area contributed by atoms with E-state index in [0.29, 0.717) is 11.3 Å².